The number of fused-ring (bicyclic) bond motifs is 1. The molecule has 2 fully saturated rings. The number of hydrogen-bond donors (Lipinski definition) is 1. The van der Waals surface area contributed by atoms with Gasteiger partial charge in [0, 0.05) is 92.6 Å². The van der Waals surface area contributed by atoms with Crippen LogP contribution in [0.4, 0.5) is 0 Å². The fourth-order valence-electron chi connectivity index (χ4n) is 4.94. The van der Waals surface area contributed by atoms with Crippen LogP contribution < -0.4 is 5.73 Å². The van der Waals surface area contributed by atoms with E-state index in [1.807, 2.05) is 30.5 Å². The molecule has 0 radical (unpaired) electrons. The quantitative estimate of drug-likeness (QED) is 0.629. The van der Waals surface area contributed by atoms with Crippen LogP contribution in [0.15, 0.2) is 47.4 Å². The largest absolute Gasteiger partial charge is 0.398 e. The van der Waals surface area contributed by atoms with Crippen molar-refractivity contribution < 1.29 is 9.53 Å². The summed E-state index contributed by atoms with van der Waals surface area (Å²) in [5, 5.41) is 6.32. The topological polar surface area (TPSA) is 98.6 Å². The van der Waals surface area contributed by atoms with Crippen LogP contribution in [-0.4, -0.2) is 63.6 Å². The van der Waals surface area contributed by atoms with Gasteiger partial charge in [0.2, 0.25) is 5.91 Å². The minimum absolute atomic E-state index is 0.0531. The van der Waals surface area contributed by atoms with Crippen LogP contribution in [0.2, 0.25) is 0 Å². The van der Waals surface area contributed by atoms with Crippen LogP contribution in [0.25, 0.3) is 27.7 Å². The number of piperidine rings is 1. The summed E-state index contributed by atoms with van der Waals surface area (Å²) < 4.78 is 7.29. The number of aromatic nitrogens is 3. The molecule has 2 aliphatic rings. The molecule has 0 atom stereocenters. The normalized spacial score (nSPS) is 20.0. The molecule has 2 N–H and O–H groups in total. The Labute approximate surface area is 205 Å². The summed E-state index contributed by atoms with van der Waals surface area (Å²) in [7, 11) is 1.90. The Morgan fingerprint density at radius 1 is 1.20 bits per heavy atom. The second-order valence-electron chi connectivity index (χ2n) is 9.51. The second-order valence-corrected chi connectivity index (χ2v) is 9.51. The number of benzene rings is 1. The Balaban J connectivity index is 1.61. The van der Waals surface area contributed by atoms with Crippen LogP contribution >= 0.6 is 0 Å². The molecule has 35 heavy (non-hydrogen) atoms. The third-order valence-corrected chi connectivity index (χ3v) is 6.89. The molecule has 2 saturated heterocycles. The van der Waals surface area contributed by atoms with Gasteiger partial charge in [0.05, 0.1) is 17.9 Å². The van der Waals surface area contributed by atoms with Crippen molar-refractivity contribution in [3.8, 4) is 11.3 Å². The van der Waals surface area contributed by atoms with E-state index < -0.39 is 0 Å². The number of nitrogens with zero attached hydrogens (tertiary/aromatic N) is 5. The van der Waals surface area contributed by atoms with Gasteiger partial charge in [-0.05, 0) is 42.8 Å². The van der Waals surface area contributed by atoms with Gasteiger partial charge in [-0.25, -0.2) is 0 Å². The molecule has 3 aromatic rings. The minimum atomic E-state index is 0.0531. The van der Waals surface area contributed by atoms with Gasteiger partial charge in [-0.15, -0.1) is 0 Å². The number of pyridine rings is 1. The molecule has 0 aliphatic carbocycles. The van der Waals surface area contributed by atoms with E-state index in [1.165, 1.54) is 0 Å². The first kappa shape index (κ1) is 23.2. The number of nitrogens with two attached hydrogens (primary N) is 1. The maximum atomic E-state index is 12.2. The van der Waals surface area contributed by atoms with E-state index >= 15 is 0 Å². The van der Waals surface area contributed by atoms with E-state index in [4.69, 9.17) is 20.4 Å². The van der Waals surface area contributed by atoms with Crippen LogP contribution in [0, 0.1) is 6.92 Å². The van der Waals surface area contributed by atoms with E-state index in [-0.39, 0.29) is 11.9 Å². The molecular weight excluding hydrogens is 440 g/mol. The zero-order valence-electron chi connectivity index (χ0n) is 20.6. The molecule has 182 valence electrons. The highest BCUT2D eigenvalue weighted by Crippen LogP contribution is 2.31. The van der Waals surface area contributed by atoms with E-state index in [1.54, 1.807) is 11.6 Å². The average molecular weight is 473 g/mol. The van der Waals surface area contributed by atoms with E-state index in [2.05, 4.69) is 30.2 Å². The van der Waals surface area contributed by atoms with Crippen molar-refractivity contribution in [3.05, 3.63) is 53.5 Å². The van der Waals surface area contributed by atoms with Gasteiger partial charge >= 0.3 is 0 Å². The average Bonchev–Trinajstić information content (AvgIpc) is 3.29. The molecule has 0 unspecified atom stereocenters. The Kier molecular flexibility index (Phi) is 6.38. The van der Waals surface area contributed by atoms with Crippen LogP contribution in [-0.2, 0) is 16.6 Å². The molecule has 1 amide bonds. The first-order valence-corrected chi connectivity index (χ1v) is 12.2. The number of hydrogen-bond acceptors (Lipinski definition) is 6. The van der Waals surface area contributed by atoms with E-state index in [0.29, 0.717) is 25.2 Å². The summed E-state index contributed by atoms with van der Waals surface area (Å²) in [6.07, 6.45) is 8.21. The summed E-state index contributed by atoms with van der Waals surface area (Å²) >= 11 is 0. The fourth-order valence-corrected chi connectivity index (χ4v) is 4.94. The zero-order valence-corrected chi connectivity index (χ0v) is 20.6. The second kappa shape index (κ2) is 9.62. The van der Waals surface area contributed by atoms with Gasteiger partial charge in [0.15, 0.2) is 0 Å². The van der Waals surface area contributed by atoms with Crippen molar-refractivity contribution >= 4 is 28.1 Å². The lowest BCUT2D eigenvalue weighted by Crippen LogP contribution is -2.40. The highest BCUT2D eigenvalue weighted by molar-refractivity contribution is 6.10. The fraction of sp³-hybridized carbons (Fsp3) is 0.407. The highest BCUT2D eigenvalue weighted by Gasteiger charge is 2.26. The number of ether oxygens (including phenoxy) is 1. The molecule has 8 heteroatoms. The summed E-state index contributed by atoms with van der Waals surface area (Å²) in [5.41, 5.74) is 13.4. The molecule has 5 rings (SSSR count). The Hall–Kier alpha value is -3.52. The number of carbonyl (C=O) groups is 1. The van der Waals surface area contributed by atoms with Crippen LogP contribution in [0.3, 0.4) is 0 Å². The molecule has 0 spiro atoms. The van der Waals surface area contributed by atoms with Crippen molar-refractivity contribution in [2.24, 2.45) is 17.8 Å². The maximum absolute atomic E-state index is 12.2. The number of likely N-dealkylation sites (tertiary alicyclic amines) is 1. The summed E-state index contributed by atoms with van der Waals surface area (Å²) in [5.74, 6) is 0.0531. The Morgan fingerprint density at radius 3 is 2.71 bits per heavy atom. The van der Waals surface area contributed by atoms with Crippen molar-refractivity contribution in [3.63, 3.8) is 0 Å². The highest BCUT2D eigenvalue weighted by atomic mass is 16.5. The van der Waals surface area contributed by atoms with Crippen molar-refractivity contribution in [2.45, 2.75) is 39.2 Å². The molecule has 2 aliphatic heterocycles. The van der Waals surface area contributed by atoms with Crippen molar-refractivity contribution in [2.75, 3.05) is 26.3 Å². The standard InChI is InChI=1S/C27H32N6O2/c1-17-10-19-12-26(20-13-30-32(3)15-20)29-14-23(19)22(11-17)27(28)24-16-33(18(2)34)7-4-25(24)31-21-5-8-35-9-6-21/h10-15,21H,4-9,16,28H2,1-3H3. The summed E-state index contributed by atoms with van der Waals surface area (Å²) in [6.45, 7) is 6.30. The number of amides is 1. The predicted molar refractivity (Wildman–Crippen MR) is 138 cm³/mol. The number of aliphatic imine (C=N–C) groups is 1. The molecule has 8 nitrogen and oxygen atoms in total. The molecule has 2 aromatic heterocycles. The molecule has 1 aromatic carbocycles. The molecule has 0 bridgehead atoms. The van der Waals surface area contributed by atoms with Gasteiger partial charge in [0.1, 0.15) is 0 Å². The first-order valence-electron chi connectivity index (χ1n) is 12.2. The molecule has 0 saturated carbocycles. The van der Waals surface area contributed by atoms with E-state index in [9.17, 15) is 4.79 Å². The van der Waals surface area contributed by atoms with E-state index in [0.717, 1.165) is 70.5 Å². The third-order valence-electron chi connectivity index (χ3n) is 6.89. The van der Waals surface area contributed by atoms with Gasteiger partial charge in [-0.1, -0.05) is 6.07 Å². The van der Waals surface area contributed by atoms with Gasteiger partial charge in [-0.2, -0.15) is 5.10 Å². The molecule has 4 heterocycles. The van der Waals surface area contributed by atoms with Gasteiger partial charge in [-0.3, -0.25) is 19.5 Å². The SMILES string of the molecule is CC(=O)N1CCC(=NC2CCOCC2)C(=C(N)c2cc(C)cc3cc(-c4cnn(C)c4)ncc23)C1. The maximum Gasteiger partial charge on any atom is 0.219 e. The van der Waals surface area contributed by atoms with Crippen LogP contribution in [0.1, 0.15) is 37.3 Å². The Bertz CT molecular complexity index is 1330. The Morgan fingerprint density at radius 2 is 2.00 bits per heavy atom. The number of aryl methyl sites for hydroxylation is 2. The lowest BCUT2D eigenvalue weighted by atomic mass is 9.92. The van der Waals surface area contributed by atoms with Gasteiger partial charge < -0.3 is 15.4 Å². The monoisotopic (exact) mass is 472 g/mol. The lowest BCUT2D eigenvalue weighted by Gasteiger charge is -2.31. The van der Waals surface area contributed by atoms with Crippen molar-refractivity contribution in [1.29, 1.82) is 0 Å². The summed E-state index contributed by atoms with van der Waals surface area (Å²) in [4.78, 5) is 23.9. The smallest absolute Gasteiger partial charge is 0.219 e. The number of rotatable bonds is 3. The number of carbonyl (C=O) groups excluding carboxylic acids is 1. The first-order chi connectivity index (χ1) is 16.9. The summed E-state index contributed by atoms with van der Waals surface area (Å²) in [6, 6.07) is 6.58. The van der Waals surface area contributed by atoms with Crippen LogP contribution in [0.5, 0.6) is 0 Å². The minimum Gasteiger partial charge on any atom is -0.398 e. The predicted octanol–water partition coefficient (Wildman–Crippen LogP) is 3.49. The van der Waals surface area contributed by atoms with Crippen molar-refractivity contribution in [1.82, 2.24) is 19.7 Å². The lowest BCUT2D eigenvalue weighted by molar-refractivity contribution is -0.128. The van der Waals surface area contributed by atoms with Gasteiger partial charge in [0.25, 0.3) is 0 Å². The molecular formula is C27H32N6O2. The third kappa shape index (κ3) is 4.84. The zero-order chi connectivity index (χ0) is 24.5.